The smallest absolute Gasteiger partial charge is 0.338 e. The molecule has 1 saturated carbocycles. The van der Waals surface area contributed by atoms with Gasteiger partial charge in [-0.1, -0.05) is 0 Å². The summed E-state index contributed by atoms with van der Waals surface area (Å²) in [5.41, 5.74) is -2.72. The molecule has 0 bridgehead atoms. The molecule has 0 saturated heterocycles. The van der Waals surface area contributed by atoms with E-state index in [1.54, 1.807) is 0 Å². The van der Waals surface area contributed by atoms with Crippen LogP contribution in [0.2, 0.25) is 0 Å². The van der Waals surface area contributed by atoms with Gasteiger partial charge in [-0.05, 0) is 18.9 Å². The monoisotopic (exact) mass is 246 g/mol. The third-order valence-electron chi connectivity index (χ3n) is 2.68. The van der Waals surface area contributed by atoms with Crippen molar-refractivity contribution in [2.75, 3.05) is 0 Å². The summed E-state index contributed by atoms with van der Waals surface area (Å²) in [5.74, 6) is -0.883. The van der Waals surface area contributed by atoms with Gasteiger partial charge in [0.05, 0.1) is 0 Å². The maximum absolute atomic E-state index is 12.6. The summed E-state index contributed by atoms with van der Waals surface area (Å²) in [6.07, 6.45) is -3.48. The Hall–Kier alpha value is -1.79. The highest BCUT2D eigenvalue weighted by molar-refractivity contribution is 5.94. The van der Waals surface area contributed by atoms with Gasteiger partial charge in [-0.2, -0.15) is 13.2 Å². The van der Waals surface area contributed by atoms with Crippen LogP contribution in [0.3, 0.4) is 0 Å². The van der Waals surface area contributed by atoms with Gasteiger partial charge in [-0.3, -0.25) is 9.59 Å². The van der Waals surface area contributed by atoms with Gasteiger partial charge >= 0.3 is 6.18 Å². The summed E-state index contributed by atoms with van der Waals surface area (Å²) in [5, 5.41) is 1.93. The molecule has 1 heterocycles. The third kappa shape index (κ3) is 2.17. The zero-order chi connectivity index (χ0) is 12.7. The number of amides is 1. The predicted octanol–water partition coefficient (Wildman–Crippen LogP) is 1.20. The van der Waals surface area contributed by atoms with Crippen molar-refractivity contribution in [2.24, 2.45) is 0 Å². The summed E-state index contributed by atoms with van der Waals surface area (Å²) in [6, 6.07) is 2.21. The maximum atomic E-state index is 12.6. The molecule has 1 fully saturated rings. The average molecular weight is 246 g/mol. The second-order valence-corrected chi connectivity index (χ2v) is 3.98. The van der Waals surface area contributed by atoms with Gasteiger partial charge in [-0.15, -0.1) is 0 Å². The maximum Gasteiger partial charge on any atom is 0.411 e. The third-order valence-corrected chi connectivity index (χ3v) is 2.68. The van der Waals surface area contributed by atoms with Crippen molar-refractivity contribution in [1.82, 2.24) is 10.3 Å². The van der Waals surface area contributed by atoms with E-state index in [4.69, 9.17) is 0 Å². The quantitative estimate of drug-likeness (QED) is 0.823. The van der Waals surface area contributed by atoms with Crippen molar-refractivity contribution < 1.29 is 18.0 Å². The van der Waals surface area contributed by atoms with E-state index < -0.39 is 23.2 Å². The number of aromatic amines is 1. The van der Waals surface area contributed by atoms with Crippen LogP contribution in [0.4, 0.5) is 13.2 Å². The molecule has 0 unspecified atom stereocenters. The molecule has 2 rings (SSSR count). The molecule has 1 aliphatic carbocycles. The molecule has 0 aliphatic heterocycles. The number of alkyl halides is 3. The molecule has 0 spiro atoms. The van der Waals surface area contributed by atoms with Gasteiger partial charge in [0, 0.05) is 17.8 Å². The van der Waals surface area contributed by atoms with E-state index in [0.29, 0.717) is 0 Å². The molecular weight excluding hydrogens is 237 g/mol. The number of hydrogen-bond acceptors (Lipinski definition) is 2. The highest BCUT2D eigenvalue weighted by Gasteiger charge is 2.64. The molecule has 7 heteroatoms. The number of rotatable bonds is 2. The molecule has 0 radical (unpaired) electrons. The van der Waals surface area contributed by atoms with E-state index in [1.807, 2.05) is 5.32 Å². The van der Waals surface area contributed by atoms with Gasteiger partial charge in [0.1, 0.15) is 5.54 Å². The normalized spacial score (nSPS) is 17.6. The van der Waals surface area contributed by atoms with Gasteiger partial charge in [0.25, 0.3) is 5.91 Å². The standard InChI is InChI=1S/C10H9F3N2O2/c11-10(12,13)9(2-3-9)15-8(17)6-1-4-14-7(16)5-6/h1,4-5H,2-3H2,(H,14,16)(H,15,17). The summed E-state index contributed by atoms with van der Waals surface area (Å²) in [4.78, 5) is 24.7. The van der Waals surface area contributed by atoms with Crippen LogP contribution in [-0.4, -0.2) is 22.6 Å². The van der Waals surface area contributed by atoms with E-state index in [-0.39, 0.29) is 18.4 Å². The number of pyridine rings is 1. The number of H-pyrrole nitrogens is 1. The highest BCUT2D eigenvalue weighted by atomic mass is 19.4. The average Bonchev–Trinajstić information content (AvgIpc) is 2.98. The number of hydrogen-bond donors (Lipinski definition) is 2. The fourth-order valence-electron chi connectivity index (χ4n) is 1.48. The van der Waals surface area contributed by atoms with Crippen molar-refractivity contribution in [2.45, 2.75) is 24.6 Å². The fraction of sp³-hybridized carbons (Fsp3) is 0.400. The molecule has 1 aliphatic rings. The number of carbonyl (C=O) groups is 1. The van der Waals surface area contributed by atoms with E-state index in [0.717, 1.165) is 6.07 Å². The van der Waals surface area contributed by atoms with Crippen LogP contribution in [-0.2, 0) is 0 Å². The van der Waals surface area contributed by atoms with Gasteiger partial charge in [0.2, 0.25) is 5.56 Å². The molecule has 92 valence electrons. The Morgan fingerprint density at radius 2 is 2.06 bits per heavy atom. The predicted molar refractivity (Wildman–Crippen MR) is 52.5 cm³/mol. The number of carbonyl (C=O) groups excluding carboxylic acids is 1. The van der Waals surface area contributed by atoms with Crippen LogP contribution >= 0.6 is 0 Å². The molecule has 1 amide bonds. The topological polar surface area (TPSA) is 62.0 Å². The lowest BCUT2D eigenvalue weighted by molar-refractivity contribution is -0.163. The molecule has 4 nitrogen and oxygen atoms in total. The zero-order valence-electron chi connectivity index (χ0n) is 8.60. The van der Waals surface area contributed by atoms with Gasteiger partial charge in [-0.25, -0.2) is 0 Å². The molecule has 0 atom stereocenters. The van der Waals surface area contributed by atoms with Crippen LogP contribution in [0.1, 0.15) is 23.2 Å². The Kier molecular flexibility index (Phi) is 2.48. The Labute approximate surface area is 93.8 Å². The minimum atomic E-state index is -4.45. The van der Waals surface area contributed by atoms with Crippen LogP contribution in [0.25, 0.3) is 0 Å². The minimum Gasteiger partial charge on any atom is -0.338 e. The summed E-state index contributed by atoms with van der Waals surface area (Å²) in [6.45, 7) is 0. The summed E-state index contributed by atoms with van der Waals surface area (Å²) < 4.78 is 37.7. The van der Waals surface area contributed by atoms with E-state index in [2.05, 4.69) is 4.98 Å². The first-order valence-electron chi connectivity index (χ1n) is 4.92. The first-order chi connectivity index (χ1) is 7.84. The van der Waals surface area contributed by atoms with Crippen molar-refractivity contribution >= 4 is 5.91 Å². The molecule has 0 aromatic carbocycles. The molecule has 1 aromatic heterocycles. The van der Waals surface area contributed by atoms with Crippen LogP contribution in [0.15, 0.2) is 23.1 Å². The Morgan fingerprint density at radius 1 is 1.41 bits per heavy atom. The van der Waals surface area contributed by atoms with Crippen molar-refractivity contribution in [1.29, 1.82) is 0 Å². The van der Waals surface area contributed by atoms with Crippen molar-refractivity contribution in [3.63, 3.8) is 0 Å². The van der Waals surface area contributed by atoms with Crippen molar-refractivity contribution in [3.05, 3.63) is 34.2 Å². The number of nitrogens with one attached hydrogen (secondary N) is 2. The lowest BCUT2D eigenvalue weighted by Gasteiger charge is -2.20. The van der Waals surface area contributed by atoms with Crippen LogP contribution in [0, 0.1) is 0 Å². The lowest BCUT2D eigenvalue weighted by Crippen LogP contribution is -2.48. The summed E-state index contributed by atoms with van der Waals surface area (Å²) >= 11 is 0. The summed E-state index contributed by atoms with van der Waals surface area (Å²) in [7, 11) is 0. The molecule has 1 aromatic rings. The van der Waals surface area contributed by atoms with Crippen LogP contribution < -0.4 is 10.9 Å². The van der Waals surface area contributed by atoms with Crippen LogP contribution in [0.5, 0.6) is 0 Å². The van der Waals surface area contributed by atoms with E-state index in [9.17, 15) is 22.8 Å². The van der Waals surface area contributed by atoms with E-state index in [1.165, 1.54) is 12.3 Å². The zero-order valence-corrected chi connectivity index (χ0v) is 8.60. The van der Waals surface area contributed by atoms with Crippen molar-refractivity contribution in [3.8, 4) is 0 Å². The lowest BCUT2D eigenvalue weighted by atomic mass is 10.2. The van der Waals surface area contributed by atoms with E-state index >= 15 is 0 Å². The SMILES string of the molecule is O=C(NC1(C(F)(F)F)CC1)c1cc[nH]c(=O)c1. The molecular formula is C10H9F3N2O2. The van der Waals surface area contributed by atoms with Gasteiger partial charge < -0.3 is 10.3 Å². The molecule has 2 N–H and O–H groups in total. The Bertz CT molecular complexity index is 503. The Balaban J connectivity index is 2.16. The Morgan fingerprint density at radius 3 is 2.53 bits per heavy atom. The minimum absolute atomic E-state index is 0.0794. The second kappa shape index (κ2) is 3.61. The first kappa shape index (κ1) is 11.7. The fourth-order valence-corrected chi connectivity index (χ4v) is 1.48. The number of aromatic nitrogens is 1. The van der Waals surface area contributed by atoms with Gasteiger partial charge in [0.15, 0.2) is 0 Å². The largest absolute Gasteiger partial charge is 0.411 e. The first-order valence-corrected chi connectivity index (χ1v) is 4.92. The highest BCUT2D eigenvalue weighted by Crippen LogP contribution is 2.48. The number of halogens is 3. The molecule has 17 heavy (non-hydrogen) atoms. The second-order valence-electron chi connectivity index (χ2n) is 3.98.